The largest absolute Gasteiger partial charge is 0.392 e. The molecular weight excluding hydrogens is 320 g/mol. The molecular formula is C20H32O5. The van der Waals surface area contributed by atoms with E-state index in [4.69, 9.17) is 0 Å². The van der Waals surface area contributed by atoms with Gasteiger partial charge < -0.3 is 25.5 Å². The lowest BCUT2D eigenvalue weighted by atomic mass is 9.64. The minimum Gasteiger partial charge on any atom is -0.392 e. The number of hydrogen-bond donors (Lipinski definition) is 5. The first-order valence-corrected chi connectivity index (χ1v) is 9.58. The second kappa shape index (κ2) is 4.87. The van der Waals surface area contributed by atoms with Gasteiger partial charge in [-0.3, -0.25) is 0 Å². The average Bonchev–Trinajstić information content (AvgIpc) is 2.71. The fourth-order valence-electron chi connectivity index (χ4n) is 7.10. The third kappa shape index (κ3) is 1.86. The number of aliphatic hydroxyl groups excluding tert-OH is 3. The summed E-state index contributed by atoms with van der Waals surface area (Å²) in [6.07, 6.45) is 0.121. The van der Waals surface area contributed by atoms with Gasteiger partial charge in [-0.15, -0.1) is 0 Å². The standard InChI is InChI=1S/C20H32O5/c1-10-11-5-6-12-16(23)19(11,9-18(12,4)24)8-15(22)20(25)13(10)7-14(21)17(20,2)3/h12-16,21-25H,5-9H2,1-4H3. The van der Waals surface area contributed by atoms with Gasteiger partial charge in [0.25, 0.3) is 0 Å². The number of fused-ring (bicyclic) bond motifs is 2. The highest BCUT2D eigenvalue weighted by atomic mass is 16.4. The molecule has 4 aliphatic rings. The fraction of sp³-hybridized carbons (Fsp3) is 0.900. The minimum atomic E-state index is -1.43. The summed E-state index contributed by atoms with van der Waals surface area (Å²) in [6, 6.07) is 0. The molecule has 8 unspecified atom stereocenters. The van der Waals surface area contributed by atoms with E-state index in [0.29, 0.717) is 12.8 Å². The summed E-state index contributed by atoms with van der Waals surface area (Å²) in [4.78, 5) is 0. The fourth-order valence-corrected chi connectivity index (χ4v) is 7.10. The molecule has 1 spiro atoms. The molecule has 0 amide bonds. The van der Waals surface area contributed by atoms with Crippen molar-refractivity contribution in [3.63, 3.8) is 0 Å². The lowest BCUT2D eigenvalue weighted by molar-refractivity contribution is -0.173. The Kier molecular flexibility index (Phi) is 3.49. The number of rotatable bonds is 0. The van der Waals surface area contributed by atoms with E-state index in [1.54, 1.807) is 6.92 Å². The summed E-state index contributed by atoms with van der Waals surface area (Å²) < 4.78 is 0. The molecule has 8 atom stereocenters. The van der Waals surface area contributed by atoms with Crippen molar-refractivity contribution >= 4 is 0 Å². The summed E-state index contributed by atoms with van der Waals surface area (Å²) in [7, 11) is 0. The van der Waals surface area contributed by atoms with Crippen molar-refractivity contribution in [1.29, 1.82) is 0 Å². The van der Waals surface area contributed by atoms with Gasteiger partial charge in [-0.1, -0.05) is 25.0 Å². The second-order valence-corrected chi connectivity index (χ2v) is 10.0. The molecule has 2 bridgehead atoms. The Labute approximate surface area is 149 Å². The second-order valence-electron chi connectivity index (χ2n) is 10.0. The van der Waals surface area contributed by atoms with Crippen LogP contribution < -0.4 is 0 Å². The predicted octanol–water partition coefficient (Wildman–Crippen LogP) is 1.12. The first-order valence-electron chi connectivity index (χ1n) is 9.58. The van der Waals surface area contributed by atoms with E-state index < -0.39 is 40.3 Å². The third-order valence-electron chi connectivity index (χ3n) is 8.65. The Morgan fingerprint density at radius 3 is 2.28 bits per heavy atom. The van der Waals surface area contributed by atoms with Crippen molar-refractivity contribution in [1.82, 2.24) is 0 Å². The molecule has 25 heavy (non-hydrogen) atoms. The Bertz CT molecular complexity index is 638. The van der Waals surface area contributed by atoms with Gasteiger partial charge in [0.15, 0.2) is 0 Å². The van der Waals surface area contributed by atoms with Gasteiger partial charge in [-0.2, -0.15) is 0 Å². The normalized spacial score (nSPS) is 57.2. The lowest BCUT2D eigenvalue weighted by Crippen LogP contribution is -2.57. The van der Waals surface area contributed by atoms with Crippen molar-refractivity contribution in [3.8, 4) is 0 Å². The molecule has 5 heteroatoms. The highest BCUT2D eigenvalue weighted by Crippen LogP contribution is 2.66. The number of aliphatic hydroxyl groups is 5. The Morgan fingerprint density at radius 1 is 1.00 bits per heavy atom. The van der Waals surface area contributed by atoms with Gasteiger partial charge >= 0.3 is 0 Å². The van der Waals surface area contributed by atoms with Crippen LogP contribution in [0.2, 0.25) is 0 Å². The van der Waals surface area contributed by atoms with Gasteiger partial charge in [0.2, 0.25) is 0 Å². The van der Waals surface area contributed by atoms with Gasteiger partial charge in [0, 0.05) is 22.7 Å². The van der Waals surface area contributed by atoms with Gasteiger partial charge in [-0.25, -0.2) is 0 Å². The molecule has 3 fully saturated rings. The topological polar surface area (TPSA) is 101 Å². The van der Waals surface area contributed by atoms with Crippen LogP contribution in [0.5, 0.6) is 0 Å². The summed E-state index contributed by atoms with van der Waals surface area (Å²) in [5, 5.41) is 55.3. The van der Waals surface area contributed by atoms with E-state index in [-0.39, 0.29) is 18.3 Å². The van der Waals surface area contributed by atoms with Gasteiger partial charge in [0.1, 0.15) is 5.60 Å². The van der Waals surface area contributed by atoms with Crippen LogP contribution in [0, 0.1) is 22.7 Å². The van der Waals surface area contributed by atoms with E-state index in [0.717, 1.165) is 24.0 Å². The maximum Gasteiger partial charge on any atom is 0.105 e. The Balaban J connectivity index is 1.91. The summed E-state index contributed by atoms with van der Waals surface area (Å²) >= 11 is 0. The summed E-state index contributed by atoms with van der Waals surface area (Å²) in [5.74, 6) is -0.515. The smallest absolute Gasteiger partial charge is 0.105 e. The maximum atomic E-state index is 11.6. The number of hydrogen-bond acceptors (Lipinski definition) is 5. The first-order chi connectivity index (χ1) is 11.4. The molecule has 0 aliphatic heterocycles. The molecule has 0 aromatic rings. The molecule has 3 saturated carbocycles. The quantitative estimate of drug-likeness (QED) is 0.421. The van der Waals surface area contributed by atoms with Crippen molar-refractivity contribution in [2.24, 2.45) is 22.7 Å². The molecule has 5 N–H and O–H groups in total. The van der Waals surface area contributed by atoms with Crippen molar-refractivity contribution in [3.05, 3.63) is 11.1 Å². The predicted molar refractivity (Wildman–Crippen MR) is 92.6 cm³/mol. The van der Waals surface area contributed by atoms with Crippen LogP contribution in [-0.4, -0.2) is 55.0 Å². The van der Waals surface area contributed by atoms with Crippen molar-refractivity contribution in [2.75, 3.05) is 0 Å². The van der Waals surface area contributed by atoms with E-state index >= 15 is 0 Å². The molecule has 0 aromatic heterocycles. The SMILES string of the molecule is CC1=C2CCC3C(O)C2(CC(O)C2(O)C1CC(O)C2(C)C)CC3(C)O. The molecule has 0 aromatic carbocycles. The van der Waals surface area contributed by atoms with Crippen LogP contribution in [0.1, 0.15) is 59.8 Å². The van der Waals surface area contributed by atoms with Crippen LogP contribution in [0.4, 0.5) is 0 Å². The first kappa shape index (κ1) is 17.9. The van der Waals surface area contributed by atoms with E-state index in [2.05, 4.69) is 0 Å². The highest BCUT2D eigenvalue weighted by Gasteiger charge is 2.70. The molecule has 142 valence electrons. The van der Waals surface area contributed by atoms with Crippen LogP contribution in [0.3, 0.4) is 0 Å². The lowest BCUT2D eigenvalue weighted by Gasteiger charge is -2.46. The zero-order valence-electron chi connectivity index (χ0n) is 15.7. The molecule has 0 heterocycles. The Hall–Kier alpha value is -0.460. The van der Waals surface area contributed by atoms with E-state index in [9.17, 15) is 25.5 Å². The molecule has 0 radical (unpaired) electrons. The van der Waals surface area contributed by atoms with E-state index in [1.165, 1.54) is 0 Å². The van der Waals surface area contributed by atoms with E-state index in [1.807, 2.05) is 20.8 Å². The molecule has 0 saturated heterocycles. The van der Waals surface area contributed by atoms with Crippen molar-refractivity contribution in [2.45, 2.75) is 89.3 Å². The molecule has 5 nitrogen and oxygen atoms in total. The van der Waals surface area contributed by atoms with Crippen LogP contribution in [0.15, 0.2) is 11.1 Å². The summed E-state index contributed by atoms with van der Waals surface area (Å²) in [6.45, 7) is 7.40. The van der Waals surface area contributed by atoms with Gasteiger partial charge in [-0.05, 0) is 46.0 Å². The van der Waals surface area contributed by atoms with Crippen molar-refractivity contribution < 1.29 is 25.5 Å². The minimum absolute atomic E-state index is 0.192. The average molecular weight is 352 g/mol. The third-order valence-corrected chi connectivity index (χ3v) is 8.65. The van der Waals surface area contributed by atoms with Gasteiger partial charge in [0.05, 0.1) is 23.9 Å². The highest BCUT2D eigenvalue weighted by molar-refractivity contribution is 5.38. The monoisotopic (exact) mass is 352 g/mol. The van der Waals surface area contributed by atoms with Crippen LogP contribution in [0.25, 0.3) is 0 Å². The zero-order chi connectivity index (χ0) is 18.6. The molecule has 4 rings (SSSR count). The van der Waals surface area contributed by atoms with Crippen LogP contribution in [-0.2, 0) is 0 Å². The van der Waals surface area contributed by atoms with Crippen LogP contribution >= 0.6 is 0 Å². The molecule has 4 aliphatic carbocycles. The maximum absolute atomic E-state index is 11.6. The Morgan fingerprint density at radius 2 is 1.64 bits per heavy atom. The zero-order valence-corrected chi connectivity index (χ0v) is 15.7. The summed E-state index contributed by atoms with van der Waals surface area (Å²) in [5.41, 5.74) is -1.80.